The van der Waals surface area contributed by atoms with Gasteiger partial charge in [0.25, 0.3) is 0 Å². The Labute approximate surface area is 143 Å². The molecule has 2 aromatic rings. The number of hydrogen-bond donors (Lipinski definition) is 1. The summed E-state index contributed by atoms with van der Waals surface area (Å²) >= 11 is 0. The summed E-state index contributed by atoms with van der Waals surface area (Å²) < 4.78 is 16.8. The van der Waals surface area contributed by atoms with Crippen LogP contribution in [0.15, 0.2) is 30.3 Å². The number of methoxy groups -OCH3 is 3. The van der Waals surface area contributed by atoms with E-state index in [0.29, 0.717) is 11.5 Å². The van der Waals surface area contributed by atoms with E-state index in [-0.39, 0.29) is 5.92 Å². The maximum absolute atomic E-state index is 5.71. The van der Waals surface area contributed by atoms with Gasteiger partial charge in [0.1, 0.15) is 0 Å². The average molecular weight is 327 g/mol. The number of nitrogens with one attached hydrogen (secondary N) is 1. The van der Waals surface area contributed by atoms with E-state index in [1.165, 1.54) is 22.3 Å². The van der Waals surface area contributed by atoms with Gasteiger partial charge in [-0.1, -0.05) is 29.8 Å². The topological polar surface area (TPSA) is 39.7 Å². The second kappa shape index (κ2) is 7.14. The first-order chi connectivity index (χ1) is 11.7. The number of benzene rings is 2. The van der Waals surface area contributed by atoms with Crippen LogP contribution in [-0.4, -0.2) is 34.4 Å². The van der Waals surface area contributed by atoms with Gasteiger partial charge in [0.05, 0.1) is 21.3 Å². The van der Waals surface area contributed by atoms with Gasteiger partial charge in [0.15, 0.2) is 11.5 Å². The van der Waals surface area contributed by atoms with Crippen LogP contribution in [0, 0.1) is 6.92 Å². The van der Waals surface area contributed by atoms with Crippen molar-refractivity contribution in [3.05, 3.63) is 52.6 Å². The van der Waals surface area contributed by atoms with Crippen molar-refractivity contribution in [2.45, 2.75) is 19.3 Å². The lowest BCUT2D eigenvalue weighted by Gasteiger charge is -2.23. The lowest BCUT2D eigenvalue weighted by Crippen LogP contribution is -2.20. The van der Waals surface area contributed by atoms with Crippen LogP contribution in [0.4, 0.5) is 0 Å². The second-order valence-electron chi connectivity index (χ2n) is 6.13. The highest BCUT2D eigenvalue weighted by molar-refractivity contribution is 5.61. The summed E-state index contributed by atoms with van der Waals surface area (Å²) in [7, 11) is 5.01. The van der Waals surface area contributed by atoms with Crippen molar-refractivity contribution in [1.29, 1.82) is 0 Å². The van der Waals surface area contributed by atoms with Crippen LogP contribution in [0.5, 0.6) is 17.2 Å². The van der Waals surface area contributed by atoms with E-state index in [0.717, 1.165) is 25.3 Å². The van der Waals surface area contributed by atoms with Gasteiger partial charge in [-0.05, 0) is 37.1 Å². The molecule has 1 heterocycles. The smallest absolute Gasteiger partial charge is 0.203 e. The lowest BCUT2D eigenvalue weighted by molar-refractivity contribution is 0.321. The quantitative estimate of drug-likeness (QED) is 0.935. The molecule has 24 heavy (non-hydrogen) atoms. The number of fused-ring (bicyclic) bond motifs is 1. The minimum Gasteiger partial charge on any atom is -0.493 e. The summed E-state index contributed by atoms with van der Waals surface area (Å²) in [5.41, 5.74) is 5.03. The Morgan fingerprint density at radius 3 is 2.46 bits per heavy atom. The van der Waals surface area contributed by atoms with Crippen LogP contribution >= 0.6 is 0 Å². The molecule has 1 aliphatic rings. The maximum atomic E-state index is 5.71. The van der Waals surface area contributed by atoms with E-state index in [9.17, 15) is 0 Å². The molecular weight excluding hydrogens is 302 g/mol. The first-order valence-electron chi connectivity index (χ1n) is 8.28. The Bertz CT molecular complexity index is 727. The monoisotopic (exact) mass is 327 g/mol. The SMILES string of the molecule is COc1cc2c(c(OC)c1OC)CCNC[C@H]2c1cccc(C)c1. The fraction of sp³-hybridized carbons (Fsp3) is 0.400. The van der Waals surface area contributed by atoms with Gasteiger partial charge in [-0.2, -0.15) is 0 Å². The normalized spacial score (nSPS) is 16.9. The predicted molar refractivity (Wildman–Crippen MR) is 95.7 cm³/mol. The summed E-state index contributed by atoms with van der Waals surface area (Å²) in [4.78, 5) is 0. The van der Waals surface area contributed by atoms with Crippen LogP contribution in [0.25, 0.3) is 0 Å². The van der Waals surface area contributed by atoms with Gasteiger partial charge in [-0.3, -0.25) is 0 Å². The first-order valence-corrected chi connectivity index (χ1v) is 8.28. The van der Waals surface area contributed by atoms with Crippen molar-refractivity contribution in [1.82, 2.24) is 5.32 Å². The van der Waals surface area contributed by atoms with Crippen molar-refractivity contribution >= 4 is 0 Å². The lowest BCUT2D eigenvalue weighted by atomic mass is 9.86. The largest absolute Gasteiger partial charge is 0.493 e. The molecule has 128 valence electrons. The zero-order valence-electron chi connectivity index (χ0n) is 14.8. The van der Waals surface area contributed by atoms with E-state index < -0.39 is 0 Å². The molecule has 2 aromatic carbocycles. The third-order valence-corrected chi connectivity index (χ3v) is 4.69. The van der Waals surface area contributed by atoms with Crippen LogP contribution in [0.2, 0.25) is 0 Å². The third-order valence-electron chi connectivity index (χ3n) is 4.69. The number of hydrogen-bond acceptors (Lipinski definition) is 4. The van der Waals surface area contributed by atoms with Crippen LogP contribution in [0.3, 0.4) is 0 Å². The molecule has 4 heteroatoms. The van der Waals surface area contributed by atoms with Gasteiger partial charge >= 0.3 is 0 Å². The van der Waals surface area contributed by atoms with Crippen molar-refractivity contribution in [2.24, 2.45) is 0 Å². The Hall–Kier alpha value is -2.20. The summed E-state index contributed by atoms with van der Waals surface area (Å²) in [5.74, 6) is 2.43. The zero-order valence-corrected chi connectivity index (χ0v) is 14.8. The summed E-state index contributed by atoms with van der Waals surface area (Å²) in [5, 5.41) is 3.55. The van der Waals surface area contributed by atoms with Crippen LogP contribution in [0.1, 0.15) is 28.2 Å². The molecule has 0 unspecified atom stereocenters. The molecule has 1 aliphatic heterocycles. The fourth-order valence-electron chi connectivity index (χ4n) is 3.56. The molecule has 0 spiro atoms. The van der Waals surface area contributed by atoms with Crippen molar-refractivity contribution in [3.63, 3.8) is 0 Å². The Kier molecular flexibility index (Phi) is 4.95. The minimum absolute atomic E-state index is 0.260. The summed E-state index contributed by atoms with van der Waals surface area (Å²) in [6, 6.07) is 10.8. The van der Waals surface area contributed by atoms with E-state index in [2.05, 4.69) is 42.6 Å². The van der Waals surface area contributed by atoms with Crippen molar-refractivity contribution in [3.8, 4) is 17.2 Å². The Balaban J connectivity index is 2.21. The zero-order chi connectivity index (χ0) is 17.1. The van der Waals surface area contributed by atoms with Crippen molar-refractivity contribution in [2.75, 3.05) is 34.4 Å². The van der Waals surface area contributed by atoms with Crippen molar-refractivity contribution < 1.29 is 14.2 Å². The average Bonchev–Trinajstić information content (AvgIpc) is 2.82. The van der Waals surface area contributed by atoms with E-state index in [1.807, 2.05) is 0 Å². The summed E-state index contributed by atoms with van der Waals surface area (Å²) in [6.07, 6.45) is 0.904. The van der Waals surface area contributed by atoms with Gasteiger partial charge in [0.2, 0.25) is 5.75 Å². The number of aryl methyl sites for hydroxylation is 1. The number of rotatable bonds is 4. The molecule has 0 bridgehead atoms. The molecule has 1 N–H and O–H groups in total. The molecule has 0 fully saturated rings. The molecule has 0 saturated carbocycles. The molecular formula is C20H25NO3. The molecule has 1 atom stereocenters. The van der Waals surface area contributed by atoms with Crippen LogP contribution < -0.4 is 19.5 Å². The molecule has 3 rings (SSSR count). The number of ether oxygens (including phenoxy) is 3. The molecule has 0 radical (unpaired) electrons. The van der Waals surface area contributed by atoms with E-state index in [1.54, 1.807) is 21.3 Å². The maximum Gasteiger partial charge on any atom is 0.203 e. The van der Waals surface area contributed by atoms with Gasteiger partial charge in [-0.25, -0.2) is 0 Å². The molecule has 4 nitrogen and oxygen atoms in total. The highest BCUT2D eigenvalue weighted by Crippen LogP contribution is 2.45. The van der Waals surface area contributed by atoms with E-state index in [4.69, 9.17) is 14.2 Å². The summed E-state index contributed by atoms with van der Waals surface area (Å²) in [6.45, 7) is 3.94. The third kappa shape index (κ3) is 2.94. The van der Waals surface area contributed by atoms with E-state index >= 15 is 0 Å². The molecule has 0 aromatic heterocycles. The van der Waals surface area contributed by atoms with Gasteiger partial charge in [-0.15, -0.1) is 0 Å². The minimum atomic E-state index is 0.260. The Morgan fingerprint density at radius 2 is 1.79 bits per heavy atom. The predicted octanol–water partition coefficient (Wildman–Crippen LogP) is 3.30. The molecule has 0 saturated heterocycles. The first kappa shape index (κ1) is 16.7. The van der Waals surface area contributed by atoms with Crippen LogP contribution in [-0.2, 0) is 6.42 Å². The molecule has 0 amide bonds. The Morgan fingerprint density at radius 1 is 1.00 bits per heavy atom. The highest BCUT2D eigenvalue weighted by atomic mass is 16.5. The van der Waals surface area contributed by atoms with Gasteiger partial charge in [0, 0.05) is 18.0 Å². The fourth-order valence-corrected chi connectivity index (χ4v) is 3.56. The second-order valence-corrected chi connectivity index (χ2v) is 6.13. The standard InChI is InChI=1S/C20H25NO3/c1-13-6-5-7-14(10-13)17-12-21-9-8-15-16(17)11-18(22-2)20(24-4)19(15)23-3/h5-7,10-11,17,21H,8-9,12H2,1-4H3/t17-/m0/s1. The van der Waals surface area contributed by atoms with Gasteiger partial charge < -0.3 is 19.5 Å². The molecule has 0 aliphatic carbocycles. The highest BCUT2D eigenvalue weighted by Gasteiger charge is 2.27.